The molecule has 1 aromatic rings. The molecule has 0 bridgehead atoms. The summed E-state index contributed by atoms with van der Waals surface area (Å²) in [5.41, 5.74) is 4.85. The van der Waals surface area contributed by atoms with Gasteiger partial charge < -0.3 is 5.43 Å². The van der Waals surface area contributed by atoms with Crippen LogP contribution in [-0.4, -0.2) is 12.4 Å². The highest BCUT2D eigenvalue weighted by Gasteiger charge is 2.05. The van der Waals surface area contributed by atoms with Gasteiger partial charge in [0.15, 0.2) is 0 Å². The summed E-state index contributed by atoms with van der Waals surface area (Å²) in [4.78, 5) is 4.39. The predicted molar refractivity (Wildman–Crippen MR) is 67.9 cm³/mol. The molecule has 0 saturated carbocycles. The standard InChI is InChI=1S/C11H16BrN3/c1-3-6-14-11(15-13)10-7-9(12)5-4-8(10)2/h4-5,7H,3,6,13H2,1-2H3,(H,14,15). The third kappa shape index (κ3) is 3.32. The summed E-state index contributed by atoms with van der Waals surface area (Å²) in [6.07, 6.45) is 1.01. The number of hydrogen-bond acceptors (Lipinski definition) is 2. The van der Waals surface area contributed by atoms with E-state index < -0.39 is 0 Å². The fraction of sp³-hybridized carbons (Fsp3) is 0.364. The Morgan fingerprint density at radius 3 is 2.87 bits per heavy atom. The Morgan fingerprint density at radius 1 is 1.53 bits per heavy atom. The average Bonchev–Trinajstić information content (AvgIpc) is 2.24. The maximum Gasteiger partial charge on any atom is 0.142 e. The Bertz CT molecular complexity index is 361. The van der Waals surface area contributed by atoms with E-state index in [1.165, 1.54) is 0 Å². The summed E-state index contributed by atoms with van der Waals surface area (Å²) in [6, 6.07) is 6.06. The minimum Gasteiger partial charge on any atom is -0.308 e. The van der Waals surface area contributed by atoms with Crippen LogP contribution in [-0.2, 0) is 0 Å². The number of nitrogens with one attached hydrogen (secondary N) is 1. The molecule has 82 valence electrons. The van der Waals surface area contributed by atoms with Crippen LogP contribution in [0.3, 0.4) is 0 Å². The quantitative estimate of drug-likeness (QED) is 0.383. The summed E-state index contributed by atoms with van der Waals surface area (Å²) in [5.74, 6) is 6.21. The Labute approximate surface area is 98.9 Å². The molecule has 4 heteroatoms. The lowest BCUT2D eigenvalue weighted by molar-refractivity contribution is 0.907. The third-order valence-corrected chi connectivity index (χ3v) is 2.58. The normalized spacial score (nSPS) is 11.6. The van der Waals surface area contributed by atoms with Crippen LogP contribution in [0.1, 0.15) is 24.5 Å². The maximum atomic E-state index is 5.47. The van der Waals surface area contributed by atoms with Crippen LogP contribution < -0.4 is 11.3 Å². The molecule has 0 aliphatic carbocycles. The fourth-order valence-corrected chi connectivity index (χ4v) is 1.64. The van der Waals surface area contributed by atoms with Gasteiger partial charge in [0, 0.05) is 16.6 Å². The van der Waals surface area contributed by atoms with Gasteiger partial charge in [-0.1, -0.05) is 28.9 Å². The Kier molecular flexibility index (Phi) is 4.78. The zero-order chi connectivity index (χ0) is 11.3. The molecule has 0 amide bonds. The second-order valence-electron chi connectivity index (χ2n) is 3.33. The first kappa shape index (κ1) is 12.2. The molecule has 0 radical (unpaired) electrons. The van der Waals surface area contributed by atoms with E-state index in [1.54, 1.807) is 0 Å². The summed E-state index contributed by atoms with van der Waals surface area (Å²) in [6.45, 7) is 4.91. The molecule has 3 N–H and O–H groups in total. The van der Waals surface area contributed by atoms with Gasteiger partial charge in [0.25, 0.3) is 0 Å². The molecule has 0 unspecified atom stereocenters. The first-order valence-electron chi connectivity index (χ1n) is 4.96. The molecule has 0 atom stereocenters. The number of rotatable bonds is 3. The van der Waals surface area contributed by atoms with Crippen molar-refractivity contribution in [2.45, 2.75) is 20.3 Å². The number of halogens is 1. The van der Waals surface area contributed by atoms with Gasteiger partial charge in [0.1, 0.15) is 5.84 Å². The average molecular weight is 270 g/mol. The topological polar surface area (TPSA) is 50.4 Å². The minimum absolute atomic E-state index is 0.746. The van der Waals surface area contributed by atoms with Crippen LogP contribution in [0, 0.1) is 6.92 Å². The lowest BCUT2D eigenvalue weighted by Gasteiger charge is -2.09. The van der Waals surface area contributed by atoms with Crippen molar-refractivity contribution < 1.29 is 0 Å². The van der Waals surface area contributed by atoms with Gasteiger partial charge in [-0.05, 0) is 31.0 Å². The van der Waals surface area contributed by atoms with E-state index >= 15 is 0 Å². The number of nitrogens with zero attached hydrogens (tertiary/aromatic N) is 1. The van der Waals surface area contributed by atoms with E-state index in [2.05, 4.69) is 33.3 Å². The van der Waals surface area contributed by atoms with Crippen molar-refractivity contribution in [3.8, 4) is 0 Å². The minimum atomic E-state index is 0.746. The van der Waals surface area contributed by atoms with Crippen molar-refractivity contribution in [2.75, 3.05) is 6.54 Å². The highest BCUT2D eigenvalue weighted by atomic mass is 79.9. The van der Waals surface area contributed by atoms with Crippen LogP contribution in [0.4, 0.5) is 0 Å². The SMILES string of the molecule is CCCN=C(NN)c1cc(Br)ccc1C. The molecule has 1 aromatic carbocycles. The van der Waals surface area contributed by atoms with Gasteiger partial charge in [0.2, 0.25) is 0 Å². The van der Waals surface area contributed by atoms with E-state index in [-0.39, 0.29) is 0 Å². The van der Waals surface area contributed by atoms with Crippen molar-refractivity contribution in [1.82, 2.24) is 5.43 Å². The molecule has 0 aliphatic heterocycles. The second-order valence-corrected chi connectivity index (χ2v) is 4.25. The number of amidine groups is 1. The van der Waals surface area contributed by atoms with Gasteiger partial charge in [-0.3, -0.25) is 4.99 Å². The lowest BCUT2D eigenvalue weighted by Crippen LogP contribution is -2.32. The number of aryl methyl sites for hydroxylation is 1. The highest BCUT2D eigenvalue weighted by Crippen LogP contribution is 2.16. The van der Waals surface area contributed by atoms with E-state index in [0.717, 1.165) is 34.4 Å². The Hall–Kier alpha value is -0.870. The van der Waals surface area contributed by atoms with Gasteiger partial charge in [0.05, 0.1) is 0 Å². The predicted octanol–water partition coefficient (Wildman–Crippen LogP) is 2.38. The molecule has 0 aliphatic rings. The molecule has 0 spiro atoms. The van der Waals surface area contributed by atoms with Crippen molar-refractivity contribution in [3.05, 3.63) is 33.8 Å². The summed E-state index contributed by atoms with van der Waals surface area (Å²) in [7, 11) is 0. The highest BCUT2D eigenvalue weighted by molar-refractivity contribution is 9.10. The van der Waals surface area contributed by atoms with Gasteiger partial charge >= 0.3 is 0 Å². The number of hydrogen-bond donors (Lipinski definition) is 2. The van der Waals surface area contributed by atoms with E-state index in [9.17, 15) is 0 Å². The van der Waals surface area contributed by atoms with Crippen molar-refractivity contribution in [2.24, 2.45) is 10.8 Å². The Morgan fingerprint density at radius 2 is 2.27 bits per heavy atom. The Balaban J connectivity index is 3.05. The van der Waals surface area contributed by atoms with E-state index in [1.807, 2.05) is 25.1 Å². The van der Waals surface area contributed by atoms with Crippen LogP contribution in [0.2, 0.25) is 0 Å². The third-order valence-electron chi connectivity index (χ3n) is 2.08. The first-order chi connectivity index (χ1) is 7.19. The van der Waals surface area contributed by atoms with E-state index in [4.69, 9.17) is 5.84 Å². The molecule has 0 heterocycles. The van der Waals surface area contributed by atoms with Crippen LogP contribution >= 0.6 is 15.9 Å². The number of aliphatic imine (C=N–C) groups is 1. The molecule has 15 heavy (non-hydrogen) atoms. The summed E-state index contributed by atoms with van der Waals surface area (Å²) in [5, 5.41) is 0. The zero-order valence-electron chi connectivity index (χ0n) is 9.05. The monoisotopic (exact) mass is 269 g/mol. The van der Waals surface area contributed by atoms with Crippen LogP contribution in [0.25, 0.3) is 0 Å². The lowest BCUT2D eigenvalue weighted by atomic mass is 10.1. The molecule has 0 saturated heterocycles. The molecule has 0 aromatic heterocycles. The number of hydrazine groups is 1. The maximum absolute atomic E-state index is 5.47. The van der Waals surface area contributed by atoms with Crippen molar-refractivity contribution >= 4 is 21.8 Å². The smallest absolute Gasteiger partial charge is 0.142 e. The fourth-order valence-electron chi connectivity index (χ4n) is 1.28. The van der Waals surface area contributed by atoms with Gasteiger partial charge in [-0.2, -0.15) is 0 Å². The van der Waals surface area contributed by atoms with E-state index in [0.29, 0.717) is 0 Å². The summed E-state index contributed by atoms with van der Waals surface area (Å²) < 4.78 is 1.03. The first-order valence-corrected chi connectivity index (χ1v) is 5.76. The van der Waals surface area contributed by atoms with Crippen LogP contribution in [0.15, 0.2) is 27.7 Å². The molecule has 1 rings (SSSR count). The summed E-state index contributed by atoms with van der Waals surface area (Å²) >= 11 is 3.44. The van der Waals surface area contributed by atoms with Gasteiger partial charge in [-0.25, -0.2) is 5.84 Å². The zero-order valence-corrected chi connectivity index (χ0v) is 10.6. The second kappa shape index (κ2) is 5.88. The molecule has 3 nitrogen and oxygen atoms in total. The molecule has 0 fully saturated rings. The molecular formula is C11H16BrN3. The van der Waals surface area contributed by atoms with Crippen molar-refractivity contribution in [3.63, 3.8) is 0 Å². The molecular weight excluding hydrogens is 254 g/mol. The van der Waals surface area contributed by atoms with Crippen molar-refractivity contribution in [1.29, 1.82) is 0 Å². The largest absolute Gasteiger partial charge is 0.308 e. The number of nitrogens with two attached hydrogens (primary N) is 1. The van der Waals surface area contributed by atoms with Gasteiger partial charge in [-0.15, -0.1) is 0 Å². The van der Waals surface area contributed by atoms with Crippen LogP contribution in [0.5, 0.6) is 0 Å². The number of benzene rings is 1.